The third-order valence-corrected chi connectivity index (χ3v) is 5.68. The normalized spacial score (nSPS) is 10.9. The third kappa shape index (κ3) is 4.37. The number of pyridine rings is 4. The molecule has 0 aliphatic rings. The number of anilines is 2. The SMILES string of the molecule is C=C(CC)Nc1cncc(-c2cnc(N)c(C(=C)c3nc4c(-c5cccnc5)nccc4[nH]3)c2)c1. The van der Waals surface area contributed by atoms with E-state index in [1.165, 1.54) is 0 Å². The van der Waals surface area contributed by atoms with E-state index < -0.39 is 0 Å². The number of allylic oxidation sites excluding steroid dienone is 1. The fourth-order valence-corrected chi connectivity index (χ4v) is 3.75. The third-order valence-electron chi connectivity index (χ3n) is 5.68. The Labute approximate surface area is 202 Å². The summed E-state index contributed by atoms with van der Waals surface area (Å²) in [6.07, 6.45) is 11.3. The van der Waals surface area contributed by atoms with Gasteiger partial charge in [0.05, 0.1) is 23.1 Å². The van der Waals surface area contributed by atoms with Crippen LogP contribution in [0, 0.1) is 0 Å². The Balaban J connectivity index is 1.52. The maximum absolute atomic E-state index is 6.26. The highest BCUT2D eigenvalue weighted by Gasteiger charge is 2.16. The first-order valence-corrected chi connectivity index (χ1v) is 11.1. The van der Waals surface area contributed by atoms with Gasteiger partial charge in [0.15, 0.2) is 0 Å². The molecule has 172 valence electrons. The Kier molecular flexibility index (Phi) is 5.76. The van der Waals surface area contributed by atoms with Crippen LogP contribution in [0.25, 0.3) is 39.0 Å². The number of rotatable bonds is 7. The second-order valence-electron chi connectivity index (χ2n) is 8.06. The first-order valence-electron chi connectivity index (χ1n) is 11.1. The molecule has 0 fully saturated rings. The summed E-state index contributed by atoms with van der Waals surface area (Å²) in [5, 5.41) is 3.26. The molecule has 0 aliphatic carbocycles. The topological polar surface area (TPSA) is 118 Å². The summed E-state index contributed by atoms with van der Waals surface area (Å²) in [5.41, 5.74) is 14.3. The van der Waals surface area contributed by atoms with Crippen LogP contribution in [0.3, 0.4) is 0 Å². The number of fused-ring (bicyclic) bond motifs is 1. The zero-order chi connectivity index (χ0) is 24.4. The summed E-state index contributed by atoms with van der Waals surface area (Å²) < 4.78 is 0. The molecule has 8 heteroatoms. The summed E-state index contributed by atoms with van der Waals surface area (Å²) in [6.45, 7) is 10.3. The van der Waals surface area contributed by atoms with Gasteiger partial charge in [-0.15, -0.1) is 0 Å². The molecule has 0 saturated carbocycles. The number of nitrogen functional groups attached to an aromatic ring is 1. The molecule has 0 bridgehead atoms. The lowest BCUT2D eigenvalue weighted by atomic mass is 10.0. The summed E-state index contributed by atoms with van der Waals surface area (Å²) in [4.78, 5) is 25.6. The highest BCUT2D eigenvalue weighted by molar-refractivity contribution is 5.92. The number of nitrogens with two attached hydrogens (primary N) is 1. The van der Waals surface area contributed by atoms with Gasteiger partial charge < -0.3 is 16.0 Å². The van der Waals surface area contributed by atoms with Gasteiger partial charge in [0, 0.05) is 64.5 Å². The van der Waals surface area contributed by atoms with Crippen molar-refractivity contribution in [3.05, 3.63) is 97.8 Å². The molecule has 5 rings (SSSR count). The number of aromatic nitrogens is 6. The van der Waals surface area contributed by atoms with Gasteiger partial charge >= 0.3 is 0 Å². The van der Waals surface area contributed by atoms with Crippen molar-refractivity contribution in [1.29, 1.82) is 0 Å². The largest absolute Gasteiger partial charge is 0.383 e. The number of nitrogens with one attached hydrogen (secondary N) is 2. The highest BCUT2D eigenvalue weighted by atomic mass is 14.9. The molecule has 0 radical (unpaired) electrons. The van der Waals surface area contributed by atoms with Crippen molar-refractivity contribution in [1.82, 2.24) is 29.9 Å². The van der Waals surface area contributed by atoms with E-state index in [1.807, 2.05) is 37.3 Å². The zero-order valence-corrected chi connectivity index (χ0v) is 19.3. The van der Waals surface area contributed by atoms with Crippen LogP contribution in [0.2, 0.25) is 0 Å². The minimum absolute atomic E-state index is 0.367. The average Bonchev–Trinajstić information content (AvgIpc) is 3.34. The Bertz CT molecular complexity index is 1550. The lowest BCUT2D eigenvalue weighted by Gasteiger charge is -2.11. The Morgan fingerprint density at radius 2 is 1.80 bits per heavy atom. The van der Waals surface area contributed by atoms with E-state index in [0.717, 1.165) is 51.2 Å². The van der Waals surface area contributed by atoms with Crippen molar-refractivity contribution in [3.8, 4) is 22.4 Å². The number of aromatic amines is 1. The van der Waals surface area contributed by atoms with Crippen LogP contribution >= 0.6 is 0 Å². The number of nitrogens with zero attached hydrogens (tertiary/aromatic N) is 5. The highest BCUT2D eigenvalue weighted by Crippen LogP contribution is 2.32. The molecule has 0 unspecified atom stereocenters. The lowest BCUT2D eigenvalue weighted by Crippen LogP contribution is -2.00. The molecule has 4 N–H and O–H groups in total. The number of H-pyrrole nitrogens is 1. The molecule has 5 heterocycles. The smallest absolute Gasteiger partial charge is 0.138 e. The standard InChI is InChI=1S/C27H24N8/c1-4-16(2)33-21-10-19(13-30-15-21)20-11-22(26(28)32-14-20)17(3)27-34-23-7-9-31-24(25(23)35-27)18-6-5-8-29-12-18/h5-15,33H,2-4H2,1H3,(H2,28,32)(H,34,35). The molecule has 0 amide bonds. The predicted molar refractivity (Wildman–Crippen MR) is 140 cm³/mol. The van der Waals surface area contributed by atoms with Gasteiger partial charge in [-0.25, -0.2) is 9.97 Å². The quantitative estimate of drug-likeness (QED) is 0.295. The zero-order valence-electron chi connectivity index (χ0n) is 19.3. The van der Waals surface area contributed by atoms with Crippen LogP contribution < -0.4 is 11.1 Å². The predicted octanol–water partition coefficient (Wildman–Crippen LogP) is 5.46. The molecule has 0 spiro atoms. The van der Waals surface area contributed by atoms with E-state index in [-0.39, 0.29) is 0 Å². The van der Waals surface area contributed by atoms with Crippen LogP contribution in [0.5, 0.6) is 0 Å². The Morgan fingerprint density at radius 1 is 0.971 bits per heavy atom. The molecule has 35 heavy (non-hydrogen) atoms. The maximum Gasteiger partial charge on any atom is 0.138 e. The molecule has 5 aromatic rings. The lowest BCUT2D eigenvalue weighted by molar-refractivity contribution is 1.11. The number of hydrogen-bond acceptors (Lipinski definition) is 7. The van der Waals surface area contributed by atoms with Crippen molar-refractivity contribution < 1.29 is 0 Å². The first-order chi connectivity index (χ1) is 17.0. The van der Waals surface area contributed by atoms with Gasteiger partial charge in [0.25, 0.3) is 0 Å². The van der Waals surface area contributed by atoms with E-state index in [4.69, 9.17) is 10.7 Å². The summed E-state index contributed by atoms with van der Waals surface area (Å²) in [6, 6.07) is 9.66. The molecule has 0 atom stereocenters. The summed E-state index contributed by atoms with van der Waals surface area (Å²) in [5.74, 6) is 0.961. The maximum atomic E-state index is 6.26. The van der Waals surface area contributed by atoms with E-state index in [0.29, 0.717) is 22.8 Å². The summed E-state index contributed by atoms with van der Waals surface area (Å²) >= 11 is 0. The fraction of sp³-hybridized carbons (Fsp3) is 0.0741. The van der Waals surface area contributed by atoms with Crippen LogP contribution in [-0.4, -0.2) is 29.9 Å². The van der Waals surface area contributed by atoms with Crippen molar-refractivity contribution in [2.24, 2.45) is 0 Å². The van der Waals surface area contributed by atoms with E-state index in [1.54, 1.807) is 37.2 Å². The van der Waals surface area contributed by atoms with Crippen LogP contribution in [-0.2, 0) is 0 Å². The molecule has 0 saturated heterocycles. The molecule has 5 aromatic heterocycles. The van der Waals surface area contributed by atoms with Crippen molar-refractivity contribution >= 4 is 28.1 Å². The number of hydrogen-bond donors (Lipinski definition) is 3. The first kappa shape index (κ1) is 22.0. The second kappa shape index (κ2) is 9.18. The number of imidazole rings is 1. The Hall–Kier alpha value is -4.85. The van der Waals surface area contributed by atoms with Crippen molar-refractivity contribution in [3.63, 3.8) is 0 Å². The van der Waals surface area contributed by atoms with Crippen molar-refractivity contribution in [2.75, 3.05) is 11.1 Å². The second-order valence-corrected chi connectivity index (χ2v) is 8.06. The van der Waals surface area contributed by atoms with E-state index >= 15 is 0 Å². The Morgan fingerprint density at radius 3 is 2.60 bits per heavy atom. The minimum atomic E-state index is 0.367. The molecular weight excluding hydrogens is 436 g/mol. The van der Waals surface area contributed by atoms with Crippen LogP contribution in [0.4, 0.5) is 11.5 Å². The summed E-state index contributed by atoms with van der Waals surface area (Å²) in [7, 11) is 0. The van der Waals surface area contributed by atoms with Crippen LogP contribution in [0.15, 0.2) is 86.4 Å². The van der Waals surface area contributed by atoms with Gasteiger partial charge in [-0.2, -0.15) is 0 Å². The molecule has 0 aliphatic heterocycles. The van der Waals surface area contributed by atoms with Gasteiger partial charge in [0.1, 0.15) is 17.2 Å². The van der Waals surface area contributed by atoms with Gasteiger partial charge in [-0.05, 0) is 36.8 Å². The molecule has 0 aromatic carbocycles. The van der Waals surface area contributed by atoms with Crippen molar-refractivity contribution in [2.45, 2.75) is 13.3 Å². The van der Waals surface area contributed by atoms with E-state index in [2.05, 4.69) is 43.4 Å². The van der Waals surface area contributed by atoms with E-state index in [9.17, 15) is 0 Å². The van der Waals surface area contributed by atoms with Gasteiger partial charge in [-0.1, -0.05) is 20.1 Å². The van der Waals surface area contributed by atoms with Gasteiger partial charge in [-0.3, -0.25) is 15.0 Å². The molecule has 8 nitrogen and oxygen atoms in total. The van der Waals surface area contributed by atoms with Gasteiger partial charge in [0.2, 0.25) is 0 Å². The molecular formula is C27H24N8. The minimum Gasteiger partial charge on any atom is -0.383 e. The average molecular weight is 461 g/mol. The monoisotopic (exact) mass is 460 g/mol. The fourth-order valence-electron chi connectivity index (χ4n) is 3.75. The van der Waals surface area contributed by atoms with Crippen LogP contribution in [0.1, 0.15) is 24.7 Å².